The minimum Gasteiger partial charge on any atom is -0.369 e. The van der Waals surface area contributed by atoms with E-state index < -0.39 is 22.0 Å². The van der Waals surface area contributed by atoms with Gasteiger partial charge in [0.25, 0.3) is 15.9 Å². The van der Waals surface area contributed by atoms with E-state index in [1.165, 1.54) is 19.1 Å². The smallest absolute Gasteiger partial charge is 0.264 e. The number of hydrogen-bond acceptors (Lipinski definition) is 4. The van der Waals surface area contributed by atoms with Crippen molar-refractivity contribution in [3.8, 4) is 0 Å². The SMILES string of the molecule is CCO[C@H](C)C(=O)NS(=O)(=O)c1ccc(C)cc1. The zero-order valence-corrected chi connectivity index (χ0v) is 11.5. The third-order valence-electron chi connectivity index (χ3n) is 2.35. The molecule has 0 bridgehead atoms. The summed E-state index contributed by atoms with van der Waals surface area (Å²) in [5.74, 6) is -0.669. The van der Waals surface area contributed by atoms with Crippen molar-refractivity contribution < 1.29 is 17.9 Å². The van der Waals surface area contributed by atoms with Gasteiger partial charge in [0.1, 0.15) is 6.10 Å². The van der Waals surface area contributed by atoms with Crippen molar-refractivity contribution in [1.82, 2.24) is 4.72 Å². The molecule has 1 atom stereocenters. The van der Waals surface area contributed by atoms with E-state index in [1.54, 1.807) is 19.1 Å². The summed E-state index contributed by atoms with van der Waals surface area (Å²) < 4.78 is 30.8. The van der Waals surface area contributed by atoms with Crippen LogP contribution in [0.25, 0.3) is 0 Å². The molecule has 0 heterocycles. The van der Waals surface area contributed by atoms with Gasteiger partial charge >= 0.3 is 0 Å². The number of sulfonamides is 1. The van der Waals surface area contributed by atoms with Crippen molar-refractivity contribution in [3.63, 3.8) is 0 Å². The quantitative estimate of drug-likeness (QED) is 0.874. The molecule has 0 spiro atoms. The van der Waals surface area contributed by atoms with E-state index in [9.17, 15) is 13.2 Å². The number of carbonyl (C=O) groups excluding carboxylic acids is 1. The zero-order chi connectivity index (χ0) is 13.8. The Hall–Kier alpha value is -1.40. The Balaban J connectivity index is 2.82. The van der Waals surface area contributed by atoms with Crippen LogP contribution in [-0.4, -0.2) is 27.0 Å². The van der Waals surface area contributed by atoms with Crippen molar-refractivity contribution in [1.29, 1.82) is 0 Å². The Bertz CT molecular complexity index is 507. The molecule has 0 unspecified atom stereocenters. The second-order valence-corrected chi connectivity index (χ2v) is 5.56. The van der Waals surface area contributed by atoms with Crippen LogP contribution >= 0.6 is 0 Å². The Morgan fingerprint density at radius 3 is 2.39 bits per heavy atom. The normalized spacial score (nSPS) is 13.1. The van der Waals surface area contributed by atoms with Crippen molar-refractivity contribution in [2.45, 2.75) is 31.8 Å². The number of benzene rings is 1. The highest BCUT2D eigenvalue weighted by Gasteiger charge is 2.21. The molecule has 0 aliphatic carbocycles. The summed E-state index contributed by atoms with van der Waals surface area (Å²) in [5, 5.41) is 0. The first kappa shape index (κ1) is 14.7. The Labute approximate surface area is 107 Å². The summed E-state index contributed by atoms with van der Waals surface area (Å²) in [6.07, 6.45) is -0.796. The van der Waals surface area contributed by atoms with E-state index in [-0.39, 0.29) is 4.90 Å². The molecule has 5 nitrogen and oxygen atoms in total. The van der Waals surface area contributed by atoms with E-state index in [1.807, 2.05) is 11.6 Å². The number of amides is 1. The van der Waals surface area contributed by atoms with Gasteiger partial charge in [0.05, 0.1) is 4.90 Å². The van der Waals surface area contributed by atoms with Crippen molar-refractivity contribution >= 4 is 15.9 Å². The molecule has 0 aliphatic heterocycles. The van der Waals surface area contributed by atoms with Gasteiger partial charge in [0.2, 0.25) is 0 Å². The van der Waals surface area contributed by atoms with Gasteiger partial charge in [-0.3, -0.25) is 4.79 Å². The lowest BCUT2D eigenvalue weighted by Gasteiger charge is -2.12. The lowest BCUT2D eigenvalue weighted by Crippen LogP contribution is -2.38. The fraction of sp³-hybridized carbons (Fsp3) is 0.417. The predicted molar refractivity (Wildman–Crippen MR) is 67.6 cm³/mol. The second kappa shape index (κ2) is 5.97. The van der Waals surface area contributed by atoms with Crippen molar-refractivity contribution in [2.24, 2.45) is 0 Å². The Morgan fingerprint density at radius 2 is 1.89 bits per heavy atom. The summed E-state index contributed by atoms with van der Waals surface area (Å²) in [6.45, 7) is 5.44. The molecule has 18 heavy (non-hydrogen) atoms. The van der Waals surface area contributed by atoms with Gasteiger partial charge in [-0.25, -0.2) is 13.1 Å². The molecule has 1 N–H and O–H groups in total. The molecule has 0 radical (unpaired) electrons. The first-order chi connectivity index (χ1) is 8.36. The second-order valence-electron chi connectivity index (χ2n) is 3.88. The molecule has 0 fully saturated rings. The summed E-state index contributed by atoms with van der Waals surface area (Å²) in [4.78, 5) is 11.6. The zero-order valence-electron chi connectivity index (χ0n) is 10.6. The molecule has 1 aromatic rings. The van der Waals surface area contributed by atoms with Crippen LogP contribution in [-0.2, 0) is 19.6 Å². The Morgan fingerprint density at radius 1 is 1.33 bits per heavy atom. The molecule has 100 valence electrons. The van der Waals surface area contributed by atoms with E-state index in [4.69, 9.17) is 4.74 Å². The maximum absolute atomic E-state index is 11.9. The van der Waals surface area contributed by atoms with E-state index in [2.05, 4.69) is 0 Å². The summed E-state index contributed by atoms with van der Waals surface area (Å²) >= 11 is 0. The van der Waals surface area contributed by atoms with Crippen LogP contribution in [0.1, 0.15) is 19.4 Å². The Kier molecular flexibility index (Phi) is 4.86. The average molecular weight is 271 g/mol. The minimum absolute atomic E-state index is 0.0603. The number of carbonyl (C=O) groups is 1. The van der Waals surface area contributed by atoms with Crippen LogP contribution in [0.2, 0.25) is 0 Å². The number of aryl methyl sites for hydroxylation is 1. The highest BCUT2D eigenvalue weighted by molar-refractivity contribution is 7.90. The maximum atomic E-state index is 11.9. The largest absolute Gasteiger partial charge is 0.369 e. The van der Waals surface area contributed by atoms with Gasteiger partial charge < -0.3 is 4.74 Å². The first-order valence-electron chi connectivity index (χ1n) is 5.61. The van der Waals surface area contributed by atoms with Crippen LogP contribution in [0.15, 0.2) is 29.2 Å². The summed E-state index contributed by atoms with van der Waals surface area (Å²) in [6, 6.07) is 6.25. The maximum Gasteiger partial charge on any atom is 0.264 e. The first-order valence-corrected chi connectivity index (χ1v) is 7.10. The van der Waals surface area contributed by atoms with Gasteiger partial charge in [0.15, 0.2) is 0 Å². The number of ether oxygens (including phenoxy) is 1. The van der Waals surface area contributed by atoms with Crippen molar-refractivity contribution in [3.05, 3.63) is 29.8 Å². The summed E-state index contributed by atoms with van der Waals surface area (Å²) in [7, 11) is -3.82. The fourth-order valence-electron chi connectivity index (χ4n) is 1.32. The molecule has 0 aromatic heterocycles. The van der Waals surface area contributed by atoms with Crippen LogP contribution in [0.4, 0.5) is 0 Å². The number of nitrogens with one attached hydrogen (secondary N) is 1. The highest BCUT2D eigenvalue weighted by Crippen LogP contribution is 2.10. The van der Waals surface area contributed by atoms with Crippen LogP contribution < -0.4 is 4.72 Å². The molecule has 1 aromatic carbocycles. The van der Waals surface area contributed by atoms with Gasteiger partial charge in [-0.2, -0.15) is 0 Å². The average Bonchev–Trinajstić information content (AvgIpc) is 2.29. The molecular formula is C12H17NO4S. The number of hydrogen-bond donors (Lipinski definition) is 1. The molecule has 1 amide bonds. The highest BCUT2D eigenvalue weighted by atomic mass is 32.2. The molecule has 0 saturated carbocycles. The fourth-order valence-corrected chi connectivity index (χ4v) is 2.36. The van der Waals surface area contributed by atoms with Crippen LogP contribution in [0.5, 0.6) is 0 Å². The lowest BCUT2D eigenvalue weighted by atomic mass is 10.2. The van der Waals surface area contributed by atoms with Gasteiger partial charge in [-0.15, -0.1) is 0 Å². The van der Waals surface area contributed by atoms with Crippen LogP contribution in [0.3, 0.4) is 0 Å². The van der Waals surface area contributed by atoms with Gasteiger partial charge in [-0.05, 0) is 32.9 Å². The monoisotopic (exact) mass is 271 g/mol. The van der Waals surface area contributed by atoms with Crippen molar-refractivity contribution in [2.75, 3.05) is 6.61 Å². The minimum atomic E-state index is -3.82. The van der Waals surface area contributed by atoms with E-state index in [0.29, 0.717) is 6.61 Å². The number of rotatable bonds is 5. The van der Waals surface area contributed by atoms with E-state index >= 15 is 0 Å². The summed E-state index contributed by atoms with van der Waals surface area (Å²) in [5.41, 5.74) is 0.947. The topological polar surface area (TPSA) is 72.5 Å². The molecule has 0 saturated heterocycles. The van der Waals surface area contributed by atoms with Gasteiger partial charge in [-0.1, -0.05) is 17.7 Å². The molecule has 6 heteroatoms. The molecule has 1 rings (SSSR count). The molecular weight excluding hydrogens is 254 g/mol. The molecule has 0 aliphatic rings. The predicted octanol–water partition coefficient (Wildman–Crippen LogP) is 1.22. The lowest BCUT2D eigenvalue weighted by molar-refractivity contribution is -0.129. The van der Waals surface area contributed by atoms with E-state index in [0.717, 1.165) is 5.56 Å². The third kappa shape index (κ3) is 3.82. The standard InChI is InChI=1S/C12H17NO4S/c1-4-17-10(3)12(14)13-18(15,16)11-7-5-9(2)6-8-11/h5-8,10H,4H2,1-3H3,(H,13,14)/t10-/m1/s1. The van der Waals surface area contributed by atoms with Crippen LogP contribution in [0, 0.1) is 6.92 Å². The van der Waals surface area contributed by atoms with Gasteiger partial charge in [0, 0.05) is 6.61 Å². The third-order valence-corrected chi connectivity index (χ3v) is 3.71.